The highest BCUT2D eigenvalue weighted by molar-refractivity contribution is 9.12. The Bertz CT molecular complexity index is 891. The van der Waals surface area contributed by atoms with Crippen molar-refractivity contribution in [3.05, 3.63) is 121 Å². The molecule has 0 saturated carbocycles. The molecule has 4 rings (SSSR count). The molecule has 0 N–H and O–H groups in total. The van der Waals surface area contributed by atoms with Crippen LogP contribution >= 0.6 is 31.8 Å². The number of hydrogen-bond acceptors (Lipinski definition) is 0. The molecule has 0 fully saturated rings. The van der Waals surface area contributed by atoms with Crippen molar-refractivity contribution in [3.8, 4) is 0 Å². The monoisotopic (exact) mass is 504 g/mol. The Morgan fingerprint density at radius 3 is 1.00 bits per heavy atom. The third kappa shape index (κ3) is 5.01. The molecule has 0 heterocycles. The third-order valence-corrected chi connectivity index (χ3v) is 14.1. The summed E-state index contributed by atoms with van der Waals surface area (Å²) in [6, 6.07) is 44.4. The van der Waals surface area contributed by atoms with Gasteiger partial charge in [-0.2, -0.15) is 0 Å². The van der Waals surface area contributed by atoms with Crippen LogP contribution in [0.2, 0.25) is 0 Å². The fourth-order valence-electron chi connectivity index (χ4n) is 4.04. The molecule has 0 atom stereocenters. The summed E-state index contributed by atoms with van der Waals surface area (Å²) in [5, 5.41) is 5.70. The second-order valence-electron chi connectivity index (χ2n) is 7.48. The van der Waals surface area contributed by atoms with Gasteiger partial charge in [-0.25, -0.2) is 0 Å². The molecule has 0 bridgehead atoms. The van der Waals surface area contributed by atoms with Crippen molar-refractivity contribution < 1.29 is 0 Å². The van der Waals surface area contributed by atoms with Crippen LogP contribution in [0.4, 0.5) is 0 Å². The van der Waals surface area contributed by atoms with Crippen molar-refractivity contribution in [2.45, 2.75) is 23.6 Å². The Balaban J connectivity index is 1.97. The third-order valence-electron chi connectivity index (χ3n) is 5.31. The van der Waals surface area contributed by atoms with Crippen molar-refractivity contribution in [2.24, 2.45) is 0 Å². The average molecular weight is 505 g/mol. The van der Waals surface area contributed by atoms with Gasteiger partial charge < -0.3 is 0 Å². The van der Waals surface area contributed by atoms with Crippen LogP contribution in [0.3, 0.4) is 0 Å². The van der Waals surface area contributed by atoms with Crippen LogP contribution in [0.1, 0.15) is 19.8 Å². The van der Waals surface area contributed by atoms with E-state index in [4.69, 9.17) is 0 Å². The van der Waals surface area contributed by atoms with Crippen LogP contribution in [0, 0.1) is 0 Å². The molecule has 3 heteroatoms. The molecule has 0 spiro atoms. The fourth-order valence-corrected chi connectivity index (χ4v) is 14.0. The van der Waals surface area contributed by atoms with Crippen LogP contribution < -0.4 is 21.2 Å². The van der Waals surface area contributed by atoms with Gasteiger partial charge in [0.2, 0.25) is 0 Å². The summed E-state index contributed by atoms with van der Waals surface area (Å²) < 4.78 is -0.0577. The summed E-state index contributed by atoms with van der Waals surface area (Å²) >= 11 is 4.48. The van der Waals surface area contributed by atoms with Crippen LogP contribution in [-0.2, 0) is 0 Å². The molecule has 0 aliphatic rings. The lowest BCUT2D eigenvalue weighted by Gasteiger charge is -2.43. The van der Waals surface area contributed by atoms with Gasteiger partial charge in [-0.05, 0) is 43.5 Å². The van der Waals surface area contributed by atoms with Gasteiger partial charge in [-0.15, -0.1) is 0 Å². The Labute approximate surface area is 197 Å². The van der Waals surface area contributed by atoms with Gasteiger partial charge in [0.25, 0.3) is 0 Å². The van der Waals surface area contributed by atoms with Crippen LogP contribution in [0.15, 0.2) is 121 Å². The zero-order valence-electron chi connectivity index (χ0n) is 17.7. The number of benzene rings is 4. The summed E-state index contributed by atoms with van der Waals surface area (Å²) in [5.41, 5.74) is 0. The van der Waals surface area contributed by atoms with Gasteiger partial charge in [0.05, 0.1) is 3.81 Å². The first-order chi connectivity index (χ1) is 15.2. The topological polar surface area (TPSA) is 0 Å². The van der Waals surface area contributed by atoms with Gasteiger partial charge in [0.15, 0.2) is 0 Å². The predicted molar refractivity (Wildman–Crippen MR) is 145 cm³/mol. The van der Waals surface area contributed by atoms with E-state index in [2.05, 4.69) is 144 Å². The molecular weight excluding hydrogens is 478 g/mol. The van der Waals surface area contributed by atoms with Gasteiger partial charge in [-0.3, -0.25) is 0 Å². The van der Waals surface area contributed by atoms with E-state index >= 15 is 0 Å². The van der Waals surface area contributed by atoms with E-state index in [1.54, 1.807) is 0 Å². The summed E-state index contributed by atoms with van der Waals surface area (Å²) in [6.45, 7) is 2.31. The van der Waals surface area contributed by atoms with Gasteiger partial charge in [-0.1, -0.05) is 151 Å². The number of alkyl halides is 1. The van der Waals surface area contributed by atoms with Crippen molar-refractivity contribution in [1.82, 2.24) is 0 Å². The molecule has 4 aromatic rings. The molecule has 4 aromatic carbocycles. The fraction of sp³-hybridized carbons (Fsp3) is 0.143. The molecule has 0 nitrogen and oxygen atoms in total. The first kappa shape index (κ1) is 22.4. The molecule has 0 aliphatic carbocycles. The van der Waals surface area contributed by atoms with Crippen molar-refractivity contribution >= 4 is 53.0 Å². The lowest BCUT2D eigenvalue weighted by molar-refractivity contribution is 0.841. The Morgan fingerprint density at radius 2 is 0.774 bits per heavy atom. The van der Waals surface area contributed by atoms with Crippen molar-refractivity contribution in [2.75, 3.05) is 0 Å². The van der Waals surface area contributed by atoms with Crippen molar-refractivity contribution in [3.63, 3.8) is 0 Å². The predicted octanol–water partition coefficient (Wildman–Crippen LogP) is 7.10. The minimum absolute atomic E-state index is 0.0577. The van der Waals surface area contributed by atoms with E-state index in [0.29, 0.717) is 0 Å². The minimum atomic E-state index is -0.643. The Morgan fingerprint density at radius 1 is 0.516 bits per heavy atom. The van der Waals surface area contributed by atoms with Crippen molar-refractivity contribution in [1.29, 1.82) is 0 Å². The minimum Gasteiger partial charge on any atom is -0.0737 e. The smallest absolute Gasteiger partial charge is 0.0737 e. The molecule has 0 saturated heterocycles. The highest BCUT2D eigenvalue weighted by atomic mass is 79.9. The molecule has 0 amide bonds. The van der Waals surface area contributed by atoms with E-state index in [1.165, 1.54) is 21.2 Å². The van der Waals surface area contributed by atoms with E-state index in [0.717, 1.165) is 12.8 Å². The van der Waals surface area contributed by atoms with Crippen LogP contribution in [0.25, 0.3) is 0 Å². The maximum absolute atomic E-state index is 4.48. The van der Waals surface area contributed by atoms with E-state index in [9.17, 15) is 0 Å². The zero-order valence-corrected chi connectivity index (χ0v) is 21.1. The molecule has 0 aliphatic heterocycles. The van der Waals surface area contributed by atoms with E-state index in [1.807, 2.05) is 0 Å². The van der Waals surface area contributed by atoms with Crippen LogP contribution in [0.5, 0.6) is 0 Å². The lowest BCUT2D eigenvalue weighted by Crippen LogP contribution is -2.34. The first-order valence-electron chi connectivity index (χ1n) is 10.7. The molecular formula is C28H27BrP2. The second kappa shape index (κ2) is 10.7. The van der Waals surface area contributed by atoms with E-state index < -0.39 is 15.8 Å². The molecule has 0 radical (unpaired) electrons. The number of halogens is 1. The normalized spacial score (nSPS) is 11.7. The Hall–Kier alpha value is -1.78. The van der Waals surface area contributed by atoms with Gasteiger partial charge in [0.1, 0.15) is 0 Å². The summed E-state index contributed by atoms with van der Waals surface area (Å²) in [6.07, 6.45) is 2.24. The lowest BCUT2D eigenvalue weighted by atomic mass is 10.4. The summed E-state index contributed by atoms with van der Waals surface area (Å²) in [7, 11) is -1.29. The first-order valence-corrected chi connectivity index (χ1v) is 14.2. The molecule has 0 unspecified atom stereocenters. The highest BCUT2D eigenvalue weighted by Gasteiger charge is 2.45. The zero-order chi connectivity index (χ0) is 21.5. The van der Waals surface area contributed by atoms with Crippen LogP contribution in [-0.4, -0.2) is 3.81 Å². The SMILES string of the molecule is CCCC(Br)(P(c1ccccc1)c1ccccc1)P(c1ccccc1)c1ccccc1. The maximum Gasteiger partial charge on any atom is 0.0811 e. The maximum atomic E-state index is 4.48. The molecule has 156 valence electrons. The highest BCUT2D eigenvalue weighted by Crippen LogP contribution is 2.70. The summed E-state index contributed by atoms with van der Waals surface area (Å²) in [4.78, 5) is 0. The summed E-state index contributed by atoms with van der Waals surface area (Å²) in [5.74, 6) is 0. The van der Waals surface area contributed by atoms with Gasteiger partial charge >= 0.3 is 0 Å². The van der Waals surface area contributed by atoms with Gasteiger partial charge in [0, 0.05) is 0 Å². The Kier molecular flexibility index (Phi) is 7.73. The molecule has 0 aromatic heterocycles. The standard InChI is InChI=1S/C28H27BrP2/c1-2-23-28(29,30(24-15-7-3-8-16-24)25-17-9-4-10-18-25)31(26-19-11-5-12-20-26)27-21-13-6-14-22-27/h3-22H,2,23H2,1H3. The largest absolute Gasteiger partial charge is 0.0811 e. The van der Waals surface area contributed by atoms with E-state index in [-0.39, 0.29) is 3.81 Å². The average Bonchev–Trinajstić information content (AvgIpc) is 2.82. The molecule has 31 heavy (non-hydrogen) atoms. The number of hydrogen-bond donors (Lipinski definition) is 0. The second-order valence-corrected chi connectivity index (χ2v) is 15.3. The quantitative estimate of drug-likeness (QED) is 0.177. The number of rotatable bonds is 8.